The molecule has 0 bridgehead atoms. The van der Waals surface area contributed by atoms with Crippen LogP contribution in [0.4, 0.5) is 5.69 Å². The fourth-order valence-electron chi connectivity index (χ4n) is 0.990. The largest absolute Gasteiger partial charge is 0.399 e. The van der Waals surface area contributed by atoms with Crippen molar-refractivity contribution in [3.63, 3.8) is 0 Å². The zero-order valence-electron chi connectivity index (χ0n) is 7.13. The molecule has 0 aliphatic carbocycles. The Bertz CT molecular complexity index is 297. The smallest absolute Gasteiger partial charge is 0.150 e. The highest BCUT2D eigenvalue weighted by Crippen LogP contribution is 2.17. The van der Waals surface area contributed by atoms with E-state index >= 15 is 0 Å². The molecule has 2 nitrogen and oxygen atoms in total. The van der Waals surface area contributed by atoms with Crippen LogP contribution in [0.3, 0.4) is 0 Å². The second kappa shape index (κ2) is 4.12. The zero-order chi connectivity index (χ0) is 8.43. The van der Waals surface area contributed by atoms with E-state index in [1.165, 1.54) is 0 Å². The summed E-state index contributed by atoms with van der Waals surface area (Å²) in [7, 11) is 0. The molecule has 0 aliphatic heterocycles. The average Bonchev–Trinajstić information content (AvgIpc) is 2.01. The molecule has 0 atom stereocenters. The number of carbonyl (C=O) groups excluding carboxylic acids is 1. The molecule has 12 heavy (non-hydrogen) atoms. The first-order chi connectivity index (χ1) is 5.16. The Balaban J connectivity index is 0.00000121. The Morgan fingerprint density at radius 1 is 1.25 bits per heavy atom. The summed E-state index contributed by atoms with van der Waals surface area (Å²) in [5.74, 6) is 0. The summed E-state index contributed by atoms with van der Waals surface area (Å²) in [6.07, 6.45) is 0.849. The highest BCUT2D eigenvalue weighted by molar-refractivity contribution is 5.85. The normalized spacial score (nSPS) is 8.83. The van der Waals surface area contributed by atoms with E-state index in [1.54, 1.807) is 12.1 Å². The molecule has 3 heteroatoms. The molecule has 0 fully saturated rings. The zero-order valence-corrected chi connectivity index (χ0v) is 7.94. The number of halogens is 1. The van der Waals surface area contributed by atoms with Gasteiger partial charge in [-0.05, 0) is 37.1 Å². The van der Waals surface area contributed by atoms with E-state index in [4.69, 9.17) is 5.73 Å². The molecule has 1 aromatic carbocycles. The van der Waals surface area contributed by atoms with Crippen LogP contribution in [-0.2, 0) is 0 Å². The van der Waals surface area contributed by atoms with Crippen molar-refractivity contribution < 1.29 is 4.79 Å². The highest BCUT2D eigenvalue weighted by Gasteiger charge is 2.01. The molecule has 66 valence electrons. The van der Waals surface area contributed by atoms with Gasteiger partial charge in [0.2, 0.25) is 0 Å². The minimum atomic E-state index is 0. The summed E-state index contributed by atoms with van der Waals surface area (Å²) >= 11 is 0. The fourth-order valence-corrected chi connectivity index (χ4v) is 0.990. The van der Waals surface area contributed by atoms with Crippen LogP contribution in [0.5, 0.6) is 0 Å². The van der Waals surface area contributed by atoms with Crippen LogP contribution in [0.2, 0.25) is 0 Å². The van der Waals surface area contributed by atoms with Gasteiger partial charge in [-0.25, -0.2) is 0 Å². The number of nitrogen functional groups attached to an aromatic ring is 1. The molecule has 0 saturated heterocycles. The molecular weight excluding hydrogens is 174 g/mol. The number of rotatable bonds is 1. The van der Waals surface area contributed by atoms with Gasteiger partial charge in [0.05, 0.1) is 0 Å². The Labute approximate surface area is 78.2 Å². The van der Waals surface area contributed by atoms with Gasteiger partial charge in [-0.1, -0.05) is 0 Å². The van der Waals surface area contributed by atoms with Crippen molar-refractivity contribution in [2.45, 2.75) is 13.8 Å². The Hall–Kier alpha value is -1.02. The second-order valence-electron chi connectivity index (χ2n) is 2.61. The lowest BCUT2D eigenvalue weighted by Gasteiger charge is -2.05. The molecule has 0 aromatic heterocycles. The minimum Gasteiger partial charge on any atom is -0.399 e. The van der Waals surface area contributed by atoms with E-state index in [2.05, 4.69) is 0 Å². The monoisotopic (exact) mass is 185 g/mol. The molecular formula is C9H12ClNO. The second-order valence-corrected chi connectivity index (χ2v) is 2.61. The lowest BCUT2D eigenvalue weighted by Crippen LogP contribution is -1.95. The third-order valence-corrected chi connectivity index (χ3v) is 2.00. The van der Waals surface area contributed by atoms with Crippen molar-refractivity contribution in [3.05, 3.63) is 28.8 Å². The van der Waals surface area contributed by atoms with Gasteiger partial charge in [0, 0.05) is 11.3 Å². The molecule has 0 amide bonds. The van der Waals surface area contributed by atoms with Gasteiger partial charge in [-0.15, -0.1) is 12.4 Å². The first-order valence-corrected chi connectivity index (χ1v) is 3.47. The van der Waals surface area contributed by atoms with Crippen molar-refractivity contribution in [1.29, 1.82) is 0 Å². The topological polar surface area (TPSA) is 43.1 Å². The van der Waals surface area contributed by atoms with Crippen LogP contribution in [0.1, 0.15) is 21.5 Å². The van der Waals surface area contributed by atoms with Gasteiger partial charge in [0.1, 0.15) is 6.29 Å². The third kappa shape index (κ3) is 1.77. The standard InChI is InChI=1S/C9H11NO.ClH/c1-6-7(2)9(10)4-3-8(6)5-11;/h3-5H,10H2,1-2H3;1H. The molecule has 0 radical (unpaired) electrons. The molecule has 0 heterocycles. The van der Waals surface area contributed by atoms with E-state index in [1.807, 2.05) is 13.8 Å². The number of anilines is 1. The van der Waals surface area contributed by atoms with E-state index in [9.17, 15) is 4.79 Å². The molecule has 2 N–H and O–H groups in total. The third-order valence-electron chi connectivity index (χ3n) is 2.00. The first-order valence-electron chi connectivity index (χ1n) is 3.47. The summed E-state index contributed by atoms with van der Waals surface area (Å²) in [6, 6.07) is 3.50. The molecule has 0 aliphatic rings. The van der Waals surface area contributed by atoms with Crippen molar-refractivity contribution in [2.24, 2.45) is 0 Å². The summed E-state index contributed by atoms with van der Waals surface area (Å²) in [4.78, 5) is 10.5. The number of benzene rings is 1. The molecule has 1 rings (SSSR count). The van der Waals surface area contributed by atoms with Crippen LogP contribution in [0.15, 0.2) is 12.1 Å². The van der Waals surface area contributed by atoms with Gasteiger partial charge >= 0.3 is 0 Å². The highest BCUT2D eigenvalue weighted by atomic mass is 35.5. The quantitative estimate of drug-likeness (QED) is 0.538. The van der Waals surface area contributed by atoms with Gasteiger partial charge in [0.25, 0.3) is 0 Å². The van der Waals surface area contributed by atoms with Crippen molar-refractivity contribution in [1.82, 2.24) is 0 Å². The van der Waals surface area contributed by atoms with Gasteiger partial charge < -0.3 is 5.73 Å². The maximum Gasteiger partial charge on any atom is 0.150 e. The Morgan fingerprint density at radius 3 is 2.33 bits per heavy atom. The SMILES string of the molecule is Cc1c(N)ccc(C=O)c1C.Cl. The van der Waals surface area contributed by atoms with Crippen LogP contribution in [0.25, 0.3) is 0 Å². The summed E-state index contributed by atoms with van der Waals surface area (Å²) < 4.78 is 0. The minimum absolute atomic E-state index is 0. The van der Waals surface area contributed by atoms with Crippen LogP contribution >= 0.6 is 12.4 Å². The predicted molar refractivity (Wildman–Crippen MR) is 53.0 cm³/mol. The molecule has 0 unspecified atom stereocenters. The maximum absolute atomic E-state index is 10.5. The molecule has 1 aromatic rings. The van der Waals surface area contributed by atoms with Gasteiger partial charge in [-0.3, -0.25) is 4.79 Å². The Morgan fingerprint density at radius 2 is 1.83 bits per heavy atom. The predicted octanol–water partition coefficient (Wildman–Crippen LogP) is 2.12. The molecule has 0 spiro atoms. The van der Waals surface area contributed by atoms with E-state index in [0.29, 0.717) is 0 Å². The lowest BCUT2D eigenvalue weighted by molar-refractivity contribution is 0.112. The summed E-state index contributed by atoms with van der Waals surface area (Å²) in [6.45, 7) is 3.81. The number of hydrogen-bond donors (Lipinski definition) is 1. The van der Waals surface area contributed by atoms with Crippen LogP contribution < -0.4 is 5.73 Å². The first kappa shape index (κ1) is 11.0. The van der Waals surface area contributed by atoms with E-state index in [-0.39, 0.29) is 12.4 Å². The van der Waals surface area contributed by atoms with Crippen molar-refractivity contribution >= 4 is 24.4 Å². The van der Waals surface area contributed by atoms with Crippen molar-refractivity contribution in [3.8, 4) is 0 Å². The summed E-state index contributed by atoms with van der Waals surface area (Å²) in [5.41, 5.74) is 9.06. The maximum atomic E-state index is 10.5. The van der Waals surface area contributed by atoms with E-state index in [0.717, 1.165) is 28.7 Å². The number of hydrogen-bond acceptors (Lipinski definition) is 2. The van der Waals surface area contributed by atoms with E-state index < -0.39 is 0 Å². The number of nitrogens with two attached hydrogens (primary N) is 1. The van der Waals surface area contributed by atoms with Gasteiger partial charge in [-0.2, -0.15) is 0 Å². The summed E-state index contributed by atoms with van der Waals surface area (Å²) in [5, 5.41) is 0. The number of carbonyl (C=O) groups is 1. The lowest BCUT2D eigenvalue weighted by atomic mass is 10.0. The molecule has 0 saturated carbocycles. The fraction of sp³-hybridized carbons (Fsp3) is 0.222. The van der Waals surface area contributed by atoms with Crippen LogP contribution in [-0.4, -0.2) is 6.29 Å². The Kier molecular flexibility index (Phi) is 3.77. The van der Waals surface area contributed by atoms with Crippen molar-refractivity contribution in [2.75, 3.05) is 5.73 Å². The van der Waals surface area contributed by atoms with Crippen LogP contribution in [0, 0.1) is 13.8 Å². The van der Waals surface area contributed by atoms with Gasteiger partial charge in [0.15, 0.2) is 0 Å². The number of aldehydes is 1. The average molecular weight is 186 g/mol.